The summed E-state index contributed by atoms with van der Waals surface area (Å²) in [4.78, 5) is 19.6. The zero-order valence-corrected chi connectivity index (χ0v) is 5.43. The van der Waals surface area contributed by atoms with Crippen LogP contribution in [0, 0.1) is 0 Å². The van der Waals surface area contributed by atoms with Crippen molar-refractivity contribution in [1.29, 1.82) is 0 Å². The van der Waals surface area contributed by atoms with Crippen molar-refractivity contribution < 1.29 is 14.4 Å². The molecular formula is C4H7O3P-2. The fourth-order valence-electron chi connectivity index (χ4n) is 0.235. The third-order valence-electron chi connectivity index (χ3n) is 0.565. The highest BCUT2D eigenvalue weighted by atomic mass is 31.2. The standard InChI is InChI=1S/C4H9O3P/c1-2-3-4-8(5,6)7/h2-3H,4H2,1H3,(H2,5,6,7)/p-2/b3-2+. The molecule has 0 rings (SSSR count). The molecule has 0 aromatic heterocycles. The van der Waals surface area contributed by atoms with Gasteiger partial charge in [-0.3, -0.25) is 0 Å². The second-order valence-corrected chi connectivity index (χ2v) is 2.95. The lowest BCUT2D eigenvalue weighted by atomic mass is 10.6. The van der Waals surface area contributed by atoms with Crippen molar-refractivity contribution in [3.63, 3.8) is 0 Å². The first-order chi connectivity index (χ1) is 3.56. The maximum Gasteiger partial charge on any atom is -0.00695 e. The Balaban J connectivity index is 3.57. The van der Waals surface area contributed by atoms with Gasteiger partial charge in [-0.15, -0.1) is 0 Å². The van der Waals surface area contributed by atoms with E-state index in [4.69, 9.17) is 0 Å². The van der Waals surface area contributed by atoms with Crippen molar-refractivity contribution in [3.05, 3.63) is 12.2 Å². The summed E-state index contributed by atoms with van der Waals surface area (Å²) >= 11 is 0. The second-order valence-electron chi connectivity index (χ2n) is 1.36. The molecule has 0 unspecified atom stereocenters. The van der Waals surface area contributed by atoms with E-state index < -0.39 is 7.60 Å². The van der Waals surface area contributed by atoms with Gasteiger partial charge in [-0.05, 0) is 13.1 Å². The van der Waals surface area contributed by atoms with Crippen molar-refractivity contribution in [2.24, 2.45) is 0 Å². The van der Waals surface area contributed by atoms with Crippen molar-refractivity contribution in [1.82, 2.24) is 0 Å². The summed E-state index contributed by atoms with van der Waals surface area (Å²) in [6.07, 6.45) is 2.48. The molecule has 0 saturated carbocycles. The molecule has 0 amide bonds. The Morgan fingerprint density at radius 1 is 1.62 bits per heavy atom. The van der Waals surface area contributed by atoms with E-state index in [0.29, 0.717) is 0 Å². The lowest BCUT2D eigenvalue weighted by Gasteiger charge is -2.27. The molecule has 8 heavy (non-hydrogen) atoms. The highest BCUT2D eigenvalue weighted by Crippen LogP contribution is 2.21. The number of hydrogen-bond donors (Lipinski definition) is 0. The third kappa shape index (κ3) is 5.89. The monoisotopic (exact) mass is 134 g/mol. The van der Waals surface area contributed by atoms with E-state index in [1.54, 1.807) is 6.92 Å². The lowest BCUT2D eigenvalue weighted by Crippen LogP contribution is -2.15. The molecule has 4 heteroatoms. The van der Waals surface area contributed by atoms with Crippen LogP contribution in [0.3, 0.4) is 0 Å². The zero-order valence-electron chi connectivity index (χ0n) is 4.53. The first-order valence-corrected chi connectivity index (χ1v) is 3.91. The summed E-state index contributed by atoms with van der Waals surface area (Å²) < 4.78 is 9.81. The second kappa shape index (κ2) is 3.02. The van der Waals surface area contributed by atoms with Crippen molar-refractivity contribution in [3.8, 4) is 0 Å². The number of rotatable bonds is 2. The van der Waals surface area contributed by atoms with E-state index >= 15 is 0 Å². The van der Waals surface area contributed by atoms with Crippen LogP contribution in [0.25, 0.3) is 0 Å². The fraction of sp³-hybridized carbons (Fsp3) is 0.500. The largest absolute Gasteiger partial charge is 0.811 e. The molecule has 0 fully saturated rings. The Hall–Kier alpha value is -0.110. The summed E-state index contributed by atoms with van der Waals surface area (Å²) in [7, 11) is -4.27. The molecule has 0 spiro atoms. The maximum atomic E-state index is 9.81. The van der Waals surface area contributed by atoms with Crippen molar-refractivity contribution >= 4 is 7.60 Å². The zero-order chi connectivity index (χ0) is 6.62. The van der Waals surface area contributed by atoms with Crippen LogP contribution in [0.5, 0.6) is 0 Å². The topological polar surface area (TPSA) is 63.2 Å². The highest BCUT2D eigenvalue weighted by Gasteiger charge is 1.81. The van der Waals surface area contributed by atoms with Crippen LogP contribution in [0.1, 0.15) is 6.92 Å². The Morgan fingerprint density at radius 3 is 2.25 bits per heavy atom. The molecule has 0 heterocycles. The van der Waals surface area contributed by atoms with Gasteiger partial charge in [0.05, 0.1) is 0 Å². The molecule has 3 nitrogen and oxygen atoms in total. The molecule has 0 N–H and O–H groups in total. The molecule has 0 aromatic rings. The van der Waals surface area contributed by atoms with Gasteiger partial charge in [-0.2, -0.15) is 0 Å². The Bertz CT molecular complexity index is 123. The molecule has 0 saturated heterocycles. The maximum absolute atomic E-state index is 9.81. The van der Waals surface area contributed by atoms with E-state index in [-0.39, 0.29) is 6.16 Å². The van der Waals surface area contributed by atoms with Crippen molar-refractivity contribution in [2.75, 3.05) is 6.16 Å². The van der Waals surface area contributed by atoms with E-state index in [1.165, 1.54) is 12.2 Å². The molecule has 48 valence electrons. The van der Waals surface area contributed by atoms with Gasteiger partial charge in [0.1, 0.15) is 0 Å². The first-order valence-electron chi connectivity index (χ1n) is 2.18. The smallest absolute Gasteiger partial charge is 0.00695 e. The molecule has 0 aliphatic carbocycles. The van der Waals surface area contributed by atoms with Crippen LogP contribution in [0.15, 0.2) is 12.2 Å². The van der Waals surface area contributed by atoms with Gasteiger partial charge in [-0.25, -0.2) is 0 Å². The molecular weight excluding hydrogens is 127 g/mol. The fourth-order valence-corrected chi connectivity index (χ4v) is 0.704. The minimum absolute atomic E-state index is 0.372. The number of allylic oxidation sites excluding steroid dienone is 2. The van der Waals surface area contributed by atoms with E-state index in [9.17, 15) is 14.4 Å². The molecule has 0 atom stereocenters. The van der Waals surface area contributed by atoms with E-state index in [0.717, 1.165) is 0 Å². The predicted molar refractivity (Wildman–Crippen MR) is 27.3 cm³/mol. The SMILES string of the molecule is C/C=C/CP(=O)([O-])[O-]. The normalized spacial score (nSPS) is 12.9. The quantitative estimate of drug-likeness (QED) is 0.377. The van der Waals surface area contributed by atoms with Crippen LogP contribution < -0.4 is 9.79 Å². The molecule has 0 bridgehead atoms. The van der Waals surface area contributed by atoms with E-state index in [1.807, 2.05) is 0 Å². The van der Waals surface area contributed by atoms with Crippen LogP contribution in [-0.4, -0.2) is 6.16 Å². The van der Waals surface area contributed by atoms with Gasteiger partial charge in [0, 0.05) is 0 Å². The van der Waals surface area contributed by atoms with E-state index in [2.05, 4.69) is 0 Å². The van der Waals surface area contributed by atoms with Gasteiger partial charge in [-0.1, -0.05) is 19.7 Å². The summed E-state index contributed by atoms with van der Waals surface area (Å²) in [5.74, 6) is 0. The predicted octanol–water partition coefficient (Wildman–Crippen LogP) is -0.524. The summed E-state index contributed by atoms with van der Waals surface area (Å²) in [5, 5.41) is 0. The van der Waals surface area contributed by atoms with Crippen LogP contribution in [0.2, 0.25) is 0 Å². The highest BCUT2D eigenvalue weighted by molar-refractivity contribution is 7.48. The van der Waals surface area contributed by atoms with Crippen LogP contribution in [-0.2, 0) is 4.57 Å². The molecule has 0 aliphatic heterocycles. The van der Waals surface area contributed by atoms with Crippen molar-refractivity contribution in [2.45, 2.75) is 6.92 Å². The molecule has 0 aliphatic rings. The van der Waals surface area contributed by atoms with Gasteiger partial charge in [0.15, 0.2) is 0 Å². The third-order valence-corrected chi connectivity index (χ3v) is 1.22. The average molecular weight is 134 g/mol. The minimum Gasteiger partial charge on any atom is -0.811 e. The van der Waals surface area contributed by atoms with Crippen LogP contribution >= 0.6 is 7.60 Å². The Labute approximate surface area is 48.2 Å². The van der Waals surface area contributed by atoms with Gasteiger partial charge in [0.25, 0.3) is 0 Å². The Morgan fingerprint density at radius 2 is 2.12 bits per heavy atom. The summed E-state index contributed by atoms with van der Waals surface area (Å²) in [5.41, 5.74) is 0. The summed E-state index contributed by atoms with van der Waals surface area (Å²) in [6, 6.07) is 0. The average Bonchev–Trinajstić information content (AvgIpc) is 1.59. The Kier molecular flexibility index (Phi) is 2.98. The first kappa shape index (κ1) is 7.89. The molecule has 0 radical (unpaired) electrons. The molecule has 0 aromatic carbocycles. The van der Waals surface area contributed by atoms with Gasteiger partial charge < -0.3 is 14.4 Å². The lowest BCUT2D eigenvalue weighted by molar-refractivity contribution is -0.312. The van der Waals surface area contributed by atoms with Gasteiger partial charge >= 0.3 is 0 Å². The minimum atomic E-state index is -4.27. The van der Waals surface area contributed by atoms with Gasteiger partial charge in [0.2, 0.25) is 0 Å². The number of hydrogen-bond acceptors (Lipinski definition) is 3. The summed E-state index contributed by atoms with van der Waals surface area (Å²) in [6.45, 7) is 1.66. The van der Waals surface area contributed by atoms with Crippen LogP contribution in [0.4, 0.5) is 0 Å².